The molecule has 0 fully saturated rings. The lowest BCUT2D eigenvalue weighted by Gasteiger charge is -2.30. The van der Waals surface area contributed by atoms with Crippen LogP contribution in [0.3, 0.4) is 0 Å². The van der Waals surface area contributed by atoms with E-state index in [1.807, 2.05) is 12.1 Å². The Labute approximate surface area is 151 Å². The van der Waals surface area contributed by atoms with Gasteiger partial charge in [-0.25, -0.2) is 9.79 Å². The number of aliphatic hydroxyl groups is 1. The van der Waals surface area contributed by atoms with Crippen molar-refractivity contribution in [1.82, 2.24) is 5.32 Å². The summed E-state index contributed by atoms with van der Waals surface area (Å²) in [5, 5.41) is 13.3. The van der Waals surface area contributed by atoms with Crippen molar-refractivity contribution >= 4 is 12.2 Å². The molecule has 1 aliphatic carbocycles. The van der Waals surface area contributed by atoms with Gasteiger partial charge in [-0.3, -0.25) is 0 Å². The number of aliphatic imine (C=N–C) groups is 1. The number of nitrogens with one attached hydrogen (secondary N) is 1. The molecule has 0 saturated heterocycles. The molecule has 2 N–H and O–H groups in total. The third-order valence-corrected chi connectivity index (χ3v) is 4.86. The predicted octanol–water partition coefficient (Wildman–Crippen LogP) is 2.57. The summed E-state index contributed by atoms with van der Waals surface area (Å²) in [7, 11) is 1.58. The number of urea groups is 1. The number of amides is 2. The number of rotatable bonds is 4. The molecule has 6 nitrogen and oxygen atoms in total. The largest absolute Gasteiger partial charge is 0.493 e. The zero-order valence-electron chi connectivity index (χ0n) is 14.4. The molecule has 1 atom stereocenters. The summed E-state index contributed by atoms with van der Waals surface area (Å²) in [6.07, 6.45) is 3.28. The standard InChI is InChI=1S/C20H20N2O4/c1-25-17-7-6-15(20(24)8-9-21-19(23)22-20)12-18(17)26-16-10-13-4-2-3-5-14(13)11-16/h2-7,9,12,16,24H,8,10-11H2,1H3,(H,22,23). The van der Waals surface area contributed by atoms with Gasteiger partial charge in [0.25, 0.3) is 0 Å². The summed E-state index contributed by atoms with van der Waals surface area (Å²) >= 11 is 0. The Hall–Kier alpha value is -2.86. The summed E-state index contributed by atoms with van der Waals surface area (Å²) < 4.78 is 11.6. The molecular formula is C20H20N2O4. The van der Waals surface area contributed by atoms with Gasteiger partial charge in [-0.1, -0.05) is 30.3 Å². The zero-order chi connectivity index (χ0) is 18.1. The van der Waals surface area contributed by atoms with Gasteiger partial charge in [-0.2, -0.15) is 0 Å². The van der Waals surface area contributed by atoms with Crippen LogP contribution in [0.15, 0.2) is 47.5 Å². The van der Waals surface area contributed by atoms with Gasteiger partial charge < -0.3 is 19.9 Å². The minimum atomic E-state index is -1.50. The number of ether oxygens (including phenoxy) is 2. The maximum absolute atomic E-state index is 11.5. The SMILES string of the molecule is COc1ccc(C2(O)CC=NC(=O)N2)cc1OC1Cc2ccccc2C1. The number of hydrogen-bond acceptors (Lipinski definition) is 4. The fourth-order valence-corrected chi connectivity index (χ4v) is 3.52. The second-order valence-electron chi connectivity index (χ2n) is 6.59. The Balaban J connectivity index is 1.60. The molecule has 6 heteroatoms. The smallest absolute Gasteiger partial charge is 0.343 e. The monoisotopic (exact) mass is 352 g/mol. The van der Waals surface area contributed by atoms with Crippen LogP contribution in [0, 0.1) is 0 Å². The molecule has 1 aliphatic heterocycles. The van der Waals surface area contributed by atoms with Crippen LogP contribution in [0.25, 0.3) is 0 Å². The molecule has 2 amide bonds. The van der Waals surface area contributed by atoms with E-state index in [0.29, 0.717) is 17.1 Å². The Morgan fingerprint density at radius 1 is 1.15 bits per heavy atom. The summed E-state index contributed by atoms with van der Waals surface area (Å²) in [6.45, 7) is 0. The van der Waals surface area contributed by atoms with Crippen molar-refractivity contribution in [2.45, 2.75) is 31.1 Å². The quantitative estimate of drug-likeness (QED) is 0.886. The van der Waals surface area contributed by atoms with Gasteiger partial charge >= 0.3 is 6.03 Å². The molecule has 0 spiro atoms. The van der Waals surface area contributed by atoms with Crippen molar-refractivity contribution < 1.29 is 19.4 Å². The highest BCUT2D eigenvalue weighted by atomic mass is 16.5. The first kappa shape index (κ1) is 16.6. The number of carbonyl (C=O) groups is 1. The fourth-order valence-electron chi connectivity index (χ4n) is 3.52. The van der Waals surface area contributed by atoms with Crippen LogP contribution < -0.4 is 14.8 Å². The molecule has 0 aromatic heterocycles. The molecule has 2 aromatic rings. The van der Waals surface area contributed by atoms with E-state index in [9.17, 15) is 9.90 Å². The second kappa shape index (κ2) is 6.46. The van der Waals surface area contributed by atoms with Crippen molar-refractivity contribution in [1.29, 1.82) is 0 Å². The molecule has 1 heterocycles. The van der Waals surface area contributed by atoms with Gasteiger partial charge in [0.1, 0.15) is 6.10 Å². The van der Waals surface area contributed by atoms with E-state index in [-0.39, 0.29) is 12.5 Å². The number of nitrogens with zero attached hydrogens (tertiary/aromatic N) is 1. The Kier molecular flexibility index (Phi) is 4.12. The van der Waals surface area contributed by atoms with Gasteiger partial charge in [-0.15, -0.1) is 0 Å². The molecular weight excluding hydrogens is 332 g/mol. The first-order valence-corrected chi connectivity index (χ1v) is 8.56. The van der Waals surface area contributed by atoms with E-state index in [0.717, 1.165) is 12.8 Å². The third kappa shape index (κ3) is 3.04. The number of fused-ring (bicyclic) bond motifs is 1. The lowest BCUT2D eigenvalue weighted by molar-refractivity contribution is 0.0187. The lowest BCUT2D eigenvalue weighted by atomic mass is 9.98. The van der Waals surface area contributed by atoms with Crippen molar-refractivity contribution in [3.63, 3.8) is 0 Å². The number of benzene rings is 2. The Bertz CT molecular complexity index is 855. The molecule has 134 valence electrons. The van der Waals surface area contributed by atoms with E-state index in [1.54, 1.807) is 25.3 Å². The minimum Gasteiger partial charge on any atom is -0.493 e. The van der Waals surface area contributed by atoms with Gasteiger partial charge in [0, 0.05) is 31.0 Å². The van der Waals surface area contributed by atoms with Gasteiger partial charge in [-0.05, 0) is 23.3 Å². The van der Waals surface area contributed by atoms with Gasteiger partial charge in [0.15, 0.2) is 17.2 Å². The minimum absolute atomic E-state index is 0.00806. The average molecular weight is 352 g/mol. The maximum atomic E-state index is 11.5. The molecule has 4 rings (SSSR count). The summed E-state index contributed by atoms with van der Waals surface area (Å²) in [6, 6.07) is 12.9. The van der Waals surface area contributed by atoms with E-state index >= 15 is 0 Å². The molecule has 2 aliphatic rings. The van der Waals surface area contributed by atoms with Crippen LogP contribution in [-0.2, 0) is 18.6 Å². The van der Waals surface area contributed by atoms with Crippen LogP contribution in [0.1, 0.15) is 23.1 Å². The highest BCUT2D eigenvalue weighted by Gasteiger charge is 2.34. The van der Waals surface area contributed by atoms with E-state index in [2.05, 4.69) is 22.4 Å². The molecule has 26 heavy (non-hydrogen) atoms. The van der Waals surface area contributed by atoms with Crippen LogP contribution in [-0.4, -0.2) is 30.6 Å². The number of carbonyl (C=O) groups excluding carboxylic acids is 1. The first-order valence-electron chi connectivity index (χ1n) is 8.56. The topological polar surface area (TPSA) is 80.2 Å². The van der Waals surface area contributed by atoms with Gasteiger partial charge in [0.05, 0.1) is 7.11 Å². The van der Waals surface area contributed by atoms with Crippen LogP contribution in [0.4, 0.5) is 4.79 Å². The Morgan fingerprint density at radius 2 is 1.88 bits per heavy atom. The fraction of sp³-hybridized carbons (Fsp3) is 0.300. The number of methoxy groups -OCH3 is 1. The number of hydrogen-bond donors (Lipinski definition) is 2. The normalized spacial score (nSPS) is 22.0. The van der Waals surface area contributed by atoms with Crippen molar-refractivity contribution in [3.05, 3.63) is 59.2 Å². The van der Waals surface area contributed by atoms with Crippen LogP contribution in [0.5, 0.6) is 11.5 Å². The molecule has 0 radical (unpaired) electrons. The van der Waals surface area contributed by atoms with E-state index < -0.39 is 11.8 Å². The summed E-state index contributed by atoms with van der Waals surface area (Å²) in [5.41, 5.74) is 1.62. The summed E-state index contributed by atoms with van der Waals surface area (Å²) in [4.78, 5) is 15.2. The molecule has 0 bridgehead atoms. The predicted molar refractivity (Wildman–Crippen MR) is 96.8 cm³/mol. The zero-order valence-corrected chi connectivity index (χ0v) is 14.4. The molecule has 1 unspecified atom stereocenters. The second-order valence-corrected chi connectivity index (χ2v) is 6.59. The van der Waals surface area contributed by atoms with E-state index in [1.165, 1.54) is 17.3 Å². The third-order valence-electron chi connectivity index (χ3n) is 4.86. The molecule has 0 saturated carbocycles. The highest BCUT2D eigenvalue weighted by Crippen LogP contribution is 2.35. The van der Waals surface area contributed by atoms with Gasteiger partial charge in [0.2, 0.25) is 0 Å². The Morgan fingerprint density at radius 3 is 2.54 bits per heavy atom. The maximum Gasteiger partial charge on any atom is 0.343 e. The highest BCUT2D eigenvalue weighted by molar-refractivity contribution is 5.87. The first-order chi connectivity index (χ1) is 12.6. The van der Waals surface area contributed by atoms with Crippen molar-refractivity contribution in [3.8, 4) is 11.5 Å². The van der Waals surface area contributed by atoms with Crippen molar-refractivity contribution in [2.75, 3.05) is 7.11 Å². The lowest BCUT2D eigenvalue weighted by Crippen LogP contribution is -2.47. The average Bonchev–Trinajstić information content (AvgIpc) is 3.04. The van der Waals surface area contributed by atoms with Crippen LogP contribution in [0.2, 0.25) is 0 Å². The summed E-state index contributed by atoms with van der Waals surface area (Å²) in [5.74, 6) is 1.14. The van der Waals surface area contributed by atoms with Crippen LogP contribution >= 0.6 is 0 Å². The van der Waals surface area contributed by atoms with E-state index in [4.69, 9.17) is 9.47 Å². The van der Waals surface area contributed by atoms with Crippen molar-refractivity contribution in [2.24, 2.45) is 4.99 Å². The molecule has 2 aromatic carbocycles.